The molecular formula is C19H10BrCl2NO. The molecule has 0 unspecified atom stereocenters. The van der Waals surface area contributed by atoms with Crippen LogP contribution in [0, 0.1) is 0 Å². The van der Waals surface area contributed by atoms with Crippen LogP contribution in [0.25, 0.3) is 33.7 Å². The van der Waals surface area contributed by atoms with Gasteiger partial charge in [0.25, 0.3) is 0 Å². The number of fused-ring (bicyclic) bond motifs is 1. The van der Waals surface area contributed by atoms with Crippen LogP contribution in [0.2, 0.25) is 10.0 Å². The van der Waals surface area contributed by atoms with Crippen LogP contribution in [0.3, 0.4) is 0 Å². The maximum Gasteiger partial charge on any atom is 0.227 e. The molecule has 4 rings (SSSR count). The molecule has 0 aliphatic carbocycles. The molecule has 2 nitrogen and oxygen atoms in total. The lowest BCUT2D eigenvalue weighted by molar-refractivity contribution is 0.618. The fraction of sp³-hybridized carbons (Fsp3) is 0. The predicted molar refractivity (Wildman–Crippen MR) is 103 cm³/mol. The van der Waals surface area contributed by atoms with E-state index in [1.807, 2.05) is 36.4 Å². The smallest absolute Gasteiger partial charge is 0.227 e. The molecule has 24 heavy (non-hydrogen) atoms. The lowest BCUT2D eigenvalue weighted by Gasteiger charge is -2.02. The van der Waals surface area contributed by atoms with Gasteiger partial charge in [-0.25, -0.2) is 4.98 Å². The largest absolute Gasteiger partial charge is 0.435 e. The van der Waals surface area contributed by atoms with E-state index >= 15 is 0 Å². The molecule has 0 radical (unpaired) electrons. The summed E-state index contributed by atoms with van der Waals surface area (Å²) in [6.07, 6.45) is 0. The number of rotatable bonds is 2. The quantitative estimate of drug-likeness (QED) is 0.343. The average Bonchev–Trinajstić information content (AvgIpc) is 3.03. The summed E-state index contributed by atoms with van der Waals surface area (Å²) in [6.45, 7) is 0. The summed E-state index contributed by atoms with van der Waals surface area (Å²) in [5, 5.41) is 0.976. The van der Waals surface area contributed by atoms with Gasteiger partial charge >= 0.3 is 0 Å². The van der Waals surface area contributed by atoms with Gasteiger partial charge in [0.1, 0.15) is 5.52 Å². The van der Waals surface area contributed by atoms with Crippen LogP contribution in [0.1, 0.15) is 0 Å². The summed E-state index contributed by atoms with van der Waals surface area (Å²) >= 11 is 15.6. The first-order chi connectivity index (χ1) is 11.6. The van der Waals surface area contributed by atoms with Crippen LogP contribution in [0.15, 0.2) is 69.6 Å². The van der Waals surface area contributed by atoms with E-state index in [1.165, 1.54) is 0 Å². The van der Waals surface area contributed by atoms with Crippen LogP contribution in [-0.4, -0.2) is 4.98 Å². The molecule has 0 spiro atoms. The van der Waals surface area contributed by atoms with Gasteiger partial charge in [0, 0.05) is 5.56 Å². The Hall–Kier alpha value is -1.81. The Kier molecular flexibility index (Phi) is 4.09. The highest BCUT2D eigenvalue weighted by Crippen LogP contribution is 2.35. The molecule has 0 saturated heterocycles. The summed E-state index contributed by atoms with van der Waals surface area (Å²) in [6, 6.07) is 19.5. The van der Waals surface area contributed by atoms with E-state index in [1.54, 1.807) is 12.1 Å². The Morgan fingerprint density at radius 3 is 2.33 bits per heavy atom. The van der Waals surface area contributed by atoms with Crippen LogP contribution >= 0.6 is 39.1 Å². The number of benzene rings is 3. The molecule has 0 aliphatic rings. The second-order valence-corrected chi connectivity index (χ2v) is 6.99. The fourth-order valence-corrected chi connectivity index (χ4v) is 3.37. The van der Waals surface area contributed by atoms with Crippen molar-refractivity contribution in [3.05, 3.63) is 75.2 Å². The van der Waals surface area contributed by atoms with E-state index in [0.717, 1.165) is 26.7 Å². The third kappa shape index (κ3) is 2.84. The van der Waals surface area contributed by atoms with Gasteiger partial charge in [-0.15, -0.1) is 0 Å². The number of aromatic nitrogens is 1. The molecule has 0 atom stereocenters. The van der Waals surface area contributed by atoms with Gasteiger partial charge in [0.05, 0.1) is 14.5 Å². The molecule has 0 aliphatic heterocycles. The first-order valence-electron chi connectivity index (χ1n) is 7.23. The van der Waals surface area contributed by atoms with Crippen LogP contribution in [-0.2, 0) is 0 Å². The summed E-state index contributed by atoms with van der Waals surface area (Å²) in [7, 11) is 0. The summed E-state index contributed by atoms with van der Waals surface area (Å²) in [4.78, 5) is 4.60. The molecule has 0 bridgehead atoms. The van der Waals surface area contributed by atoms with Gasteiger partial charge in [-0.3, -0.25) is 0 Å². The molecule has 4 aromatic rings. The Morgan fingerprint density at radius 1 is 0.792 bits per heavy atom. The fourth-order valence-electron chi connectivity index (χ4n) is 2.54. The molecule has 0 N–H and O–H groups in total. The molecule has 1 aromatic heterocycles. The summed E-state index contributed by atoms with van der Waals surface area (Å²) in [5.74, 6) is 0.509. The van der Waals surface area contributed by atoms with Gasteiger partial charge in [-0.1, -0.05) is 53.5 Å². The number of nitrogens with zero attached hydrogens (tertiary/aromatic N) is 1. The first kappa shape index (κ1) is 15.7. The zero-order valence-corrected chi connectivity index (χ0v) is 15.4. The molecule has 5 heteroatoms. The minimum absolute atomic E-state index is 0.473. The van der Waals surface area contributed by atoms with E-state index < -0.39 is 0 Å². The monoisotopic (exact) mass is 417 g/mol. The van der Waals surface area contributed by atoms with Crippen molar-refractivity contribution in [3.63, 3.8) is 0 Å². The standard InChI is InChI=1S/C19H10BrCl2NO/c20-14-8-13(11-4-2-1-3-5-11)10-17-18(14)24-19(23-17)12-6-7-15(21)16(22)9-12/h1-10H. The minimum atomic E-state index is 0.473. The van der Waals surface area contributed by atoms with E-state index in [0.29, 0.717) is 21.5 Å². The van der Waals surface area contributed by atoms with Gasteiger partial charge < -0.3 is 4.42 Å². The Balaban J connectivity index is 1.86. The molecule has 118 valence electrons. The van der Waals surface area contributed by atoms with E-state index in [9.17, 15) is 0 Å². The third-order valence-corrected chi connectivity index (χ3v) is 5.05. The second-order valence-electron chi connectivity index (χ2n) is 5.32. The molecular weight excluding hydrogens is 409 g/mol. The van der Waals surface area contributed by atoms with Gasteiger partial charge in [0.15, 0.2) is 5.58 Å². The van der Waals surface area contributed by atoms with E-state index in [2.05, 4.69) is 33.0 Å². The van der Waals surface area contributed by atoms with Gasteiger partial charge in [-0.2, -0.15) is 0 Å². The first-order valence-corrected chi connectivity index (χ1v) is 8.77. The number of hydrogen-bond donors (Lipinski definition) is 0. The molecule has 0 amide bonds. The second kappa shape index (κ2) is 6.25. The number of oxazole rings is 1. The minimum Gasteiger partial charge on any atom is -0.435 e. The van der Waals surface area contributed by atoms with E-state index in [-0.39, 0.29) is 0 Å². The van der Waals surface area contributed by atoms with Crippen molar-refractivity contribution in [1.82, 2.24) is 4.98 Å². The normalized spacial score (nSPS) is 11.1. The van der Waals surface area contributed by atoms with Gasteiger partial charge in [-0.05, 0) is 57.4 Å². The van der Waals surface area contributed by atoms with E-state index in [4.69, 9.17) is 27.6 Å². The van der Waals surface area contributed by atoms with Crippen molar-refractivity contribution in [2.45, 2.75) is 0 Å². The van der Waals surface area contributed by atoms with Gasteiger partial charge in [0.2, 0.25) is 5.89 Å². The zero-order valence-electron chi connectivity index (χ0n) is 12.3. The van der Waals surface area contributed by atoms with Crippen molar-refractivity contribution >= 4 is 50.2 Å². The van der Waals surface area contributed by atoms with Crippen molar-refractivity contribution in [3.8, 4) is 22.6 Å². The zero-order chi connectivity index (χ0) is 16.7. The molecule has 3 aromatic carbocycles. The van der Waals surface area contributed by atoms with Crippen molar-refractivity contribution in [2.24, 2.45) is 0 Å². The highest BCUT2D eigenvalue weighted by atomic mass is 79.9. The van der Waals surface area contributed by atoms with Crippen molar-refractivity contribution < 1.29 is 4.42 Å². The van der Waals surface area contributed by atoms with Crippen LogP contribution in [0.4, 0.5) is 0 Å². The summed E-state index contributed by atoms with van der Waals surface area (Å²) < 4.78 is 6.77. The molecule has 1 heterocycles. The maximum absolute atomic E-state index is 6.09. The Morgan fingerprint density at radius 2 is 1.58 bits per heavy atom. The average molecular weight is 419 g/mol. The highest BCUT2D eigenvalue weighted by Gasteiger charge is 2.14. The lowest BCUT2D eigenvalue weighted by atomic mass is 10.1. The maximum atomic E-state index is 6.09. The molecule has 0 saturated carbocycles. The Labute approximate surface area is 157 Å². The number of halogens is 3. The lowest BCUT2D eigenvalue weighted by Crippen LogP contribution is -1.79. The van der Waals surface area contributed by atoms with Crippen molar-refractivity contribution in [1.29, 1.82) is 0 Å². The van der Waals surface area contributed by atoms with Crippen LogP contribution in [0.5, 0.6) is 0 Å². The topological polar surface area (TPSA) is 26.0 Å². The molecule has 0 fully saturated rings. The SMILES string of the molecule is Clc1ccc(-c2nc3cc(-c4ccccc4)cc(Br)c3o2)cc1Cl. The van der Waals surface area contributed by atoms with Crippen molar-refractivity contribution in [2.75, 3.05) is 0 Å². The predicted octanol–water partition coefficient (Wildman–Crippen LogP) is 7.23. The highest BCUT2D eigenvalue weighted by molar-refractivity contribution is 9.10. The summed E-state index contributed by atoms with van der Waals surface area (Å²) in [5.41, 5.74) is 4.47. The van der Waals surface area contributed by atoms with Crippen LogP contribution < -0.4 is 0 Å². The number of hydrogen-bond acceptors (Lipinski definition) is 2. The third-order valence-electron chi connectivity index (χ3n) is 3.72. The Bertz CT molecular complexity index is 1040.